The summed E-state index contributed by atoms with van der Waals surface area (Å²) in [6.07, 6.45) is 1.05. The van der Waals surface area contributed by atoms with Crippen molar-refractivity contribution >= 4 is 15.9 Å². The monoisotopic (exact) mass is 305 g/mol. The van der Waals surface area contributed by atoms with Crippen molar-refractivity contribution in [3.05, 3.63) is 34.1 Å². The van der Waals surface area contributed by atoms with E-state index in [0.717, 1.165) is 4.47 Å². The zero-order valence-corrected chi connectivity index (χ0v) is 11.1. The van der Waals surface area contributed by atoms with Crippen LogP contribution in [0.2, 0.25) is 0 Å². The predicted molar refractivity (Wildman–Crippen MR) is 68.4 cm³/mol. The van der Waals surface area contributed by atoms with E-state index in [-0.39, 0.29) is 25.1 Å². The molecular weight excluding hydrogens is 289 g/mol. The van der Waals surface area contributed by atoms with Crippen molar-refractivity contribution in [1.29, 1.82) is 0 Å². The third-order valence-electron chi connectivity index (χ3n) is 2.53. The first kappa shape index (κ1) is 14.6. The molecule has 0 spiro atoms. The first-order valence-corrected chi connectivity index (χ1v) is 6.35. The number of hydrogen-bond acceptors (Lipinski definition) is 3. The summed E-state index contributed by atoms with van der Waals surface area (Å²) < 4.78 is 14.2. The van der Waals surface area contributed by atoms with Crippen molar-refractivity contribution < 1.29 is 14.6 Å². The number of aliphatic hydroxyl groups is 2. The van der Waals surface area contributed by atoms with Gasteiger partial charge < -0.3 is 15.5 Å². The zero-order chi connectivity index (χ0) is 12.7. The van der Waals surface area contributed by atoms with E-state index < -0.39 is 0 Å². The molecule has 0 heterocycles. The van der Waals surface area contributed by atoms with Gasteiger partial charge in [-0.3, -0.25) is 0 Å². The number of hydrogen-bond donors (Lipinski definition) is 3. The Labute approximate surface area is 109 Å². The molecule has 0 amide bonds. The fourth-order valence-corrected chi connectivity index (χ4v) is 1.97. The van der Waals surface area contributed by atoms with Gasteiger partial charge in [0.25, 0.3) is 0 Å². The van der Waals surface area contributed by atoms with Crippen LogP contribution < -0.4 is 5.32 Å². The van der Waals surface area contributed by atoms with Gasteiger partial charge in [0.2, 0.25) is 0 Å². The highest BCUT2D eigenvalue weighted by Gasteiger charge is 2.07. The van der Waals surface area contributed by atoms with Crippen LogP contribution in [-0.4, -0.2) is 36.0 Å². The maximum absolute atomic E-state index is 13.4. The Bertz CT molecular complexity index is 349. The molecule has 0 aliphatic heterocycles. The van der Waals surface area contributed by atoms with Crippen LogP contribution in [0.5, 0.6) is 0 Å². The van der Waals surface area contributed by atoms with Crippen LogP contribution in [0.15, 0.2) is 22.7 Å². The molecule has 5 heteroatoms. The van der Waals surface area contributed by atoms with E-state index in [0.29, 0.717) is 24.9 Å². The lowest BCUT2D eigenvalue weighted by atomic mass is 10.1. The molecule has 0 fully saturated rings. The summed E-state index contributed by atoms with van der Waals surface area (Å²) in [7, 11) is 0. The molecule has 0 bridgehead atoms. The quantitative estimate of drug-likeness (QED) is 0.715. The van der Waals surface area contributed by atoms with Crippen LogP contribution in [0.4, 0.5) is 4.39 Å². The topological polar surface area (TPSA) is 52.5 Å². The Morgan fingerprint density at radius 1 is 1.35 bits per heavy atom. The summed E-state index contributed by atoms with van der Waals surface area (Å²) in [5.74, 6) is -0.224. The van der Waals surface area contributed by atoms with Crippen LogP contribution in [-0.2, 0) is 6.42 Å². The summed E-state index contributed by atoms with van der Waals surface area (Å²) in [4.78, 5) is 0. The number of nitrogens with one attached hydrogen (secondary N) is 1. The smallest absolute Gasteiger partial charge is 0.126 e. The number of rotatable bonds is 7. The Kier molecular flexibility index (Phi) is 6.65. The molecule has 0 aliphatic rings. The molecule has 0 radical (unpaired) electrons. The normalized spacial score (nSPS) is 12.7. The van der Waals surface area contributed by atoms with Gasteiger partial charge in [-0.25, -0.2) is 4.39 Å². The van der Waals surface area contributed by atoms with Crippen LogP contribution in [0.1, 0.15) is 12.0 Å². The molecular formula is C12H17BrFNO2. The van der Waals surface area contributed by atoms with Gasteiger partial charge in [0.05, 0.1) is 6.61 Å². The second-order valence-corrected chi connectivity index (χ2v) is 4.75. The fourth-order valence-electron chi connectivity index (χ4n) is 1.56. The van der Waals surface area contributed by atoms with Crippen molar-refractivity contribution in [2.45, 2.75) is 18.9 Å². The molecule has 0 aliphatic carbocycles. The average Bonchev–Trinajstić information content (AvgIpc) is 2.32. The molecule has 3 N–H and O–H groups in total. The highest BCUT2D eigenvalue weighted by Crippen LogP contribution is 2.15. The third-order valence-corrected chi connectivity index (χ3v) is 3.03. The molecule has 1 unspecified atom stereocenters. The molecule has 1 atom stereocenters. The van der Waals surface area contributed by atoms with E-state index in [1.165, 1.54) is 6.07 Å². The number of benzene rings is 1. The van der Waals surface area contributed by atoms with Gasteiger partial charge in [0.15, 0.2) is 0 Å². The number of aliphatic hydroxyl groups excluding tert-OH is 2. The molecule has 96 valence electrons. The standard InChI is InChI=1S/C12H17BrFNO2/c13-10-1-2-12(14)9(7-10)3-5-15-11(8-17)4-6-16/h1-2,7,11,15-17H,3-6,8H2. The molecule has 0 saturated carbocycles. The van der Waals surface area contributed by atoms with Crippen LogP contribution in [0, 0.1) is 5.82 Å². The van der Waals surface area contributed by atoms with Crippen LogP contribution in [0.3, 0.4) is 0 Å². The molecule has 1 aromatic carbocycles. The first-order valence-electron chi connectivity index (χ1n) is 5.56. The van der Waals surface area contributed by atoms with Gasteiger partial charge in [0.1, 0.15) is 5.82 Å². The van der Waals surface area contributed by atoms with Gasteiger partial charge in [-0.1, -0.05) is 15.9 Å². The van der Waals surface area contributed by atoms with Crippen molar-refractivity contribution in [3.63, 3.8) is 0 Å². The SMILES string of the molecule is OCCC(CO)NCCc1cc(Br)ccc1F. The molecule has 0 aromatic heterocycles. The second-order valence-electron chi connectivity index (χ2n) is 3.83. The highest BCUT2D eigenvalue weighted by molar-refractivity contribution is 9.10. The first-order chi connectivity index (χ1) is 8.17. The Balaban J connectivity index is 2.42. The van der Waals surface area contributed by atoms with E-state index in [4.69, 9.17) is 10.2 Å². The molecule has 3 nitrogen and oxygen atoms in total. The second kappa shape index (κ2) is 7.76. The van der Waals surface area contributed by atoms with Gasteiger partial charge in [-0.15, -0.1) is 0 Å². The van der Waals surface area contributed by atoms with E-state index in [1.54, 1.807) is 12.1 Å². The molecule has 0 saturated heterocycles. The summed E-state index contributed by atoms with van der Waals surface area (Å²) in [5, 5.41) is 20.8. The van der Waals surface area contributed by atoms with Crippen molar-refractivity contribution in [2.24, 2.45) is 0 Å². The minimum atomic E-state index is -0.224. The van der Waals surface area contributed by atoms with E-state index in [1.807, 2.05) is 0 Å². The van der Waals surface area contributed by atoms with Gasteiger partial charge in [0, 0.05) is 17.1 Å². The van der Waals surface area contributed by atoms with Crippen molar-refractivity contribution in [3.8, 4) is 0 Å². The predicted octanol–water partition coefficient (Wildman–Crippen LogP) is 1.46. The van der Waals surface area contributed by atoms with Crippen LogP contribution in [0.25, 0.3) is 0 Å². The van der Waals surface area contributed by atoms with Gasteiger partial charge in [-0.05, 0) is 43.1 Å². The third kappa shape index (κ3) is 5.12. The Hall–Kier alpha value is -0.490. The minimum absolute atomic E-state index is 0.0263. The summed E-state index contributed by atoms with van der Waals surface area (Å²) in [5.41, 5.74) is 0.632. The Morgan fingerprint density at radius 2 is 2.12 bits per heavy atom. The fraction of sp³-hybridized carbons (Fsp3) is 0.500. The lowest BCUT2D eigenvalue weighted by Gasteiger charge is -2.15. The van der Waals surface area contributed by atoms with Gasteiger partial charge >= 0.3 is 0 Å². The van der Waals surface area contributed by atoms with Crippen molar-refractivity contribution in [2.75, 3.05) is 19.8 Å². The Morgan fingerprint density at radius 3 is 2.76 bits per heavy atom. The maximum atomic E-state index is 13.4. The maximum Gasteiger partial charge on any atom is 0.126 e. The largest absolute Gasteiger partial charge is 0.396 e. The van der Waals surface area contributed by atoms with Crippen LogP contribution >= 0.6 is 15.9 Å². The highest BCUT2D eigenvalue weighted by atomic mass is 79.9. The lowest BCUT2D eigenvalue weighted by molar-refractivity contribution is 0.201. The summed E-state index contributed by atoms with van der Waals surface area (Å²) >= 11 is 3.30. The summed E-state index contributed by atoms with van der Waals surface area (Å²) in [6, 6.07) is 4.71. The van der Waals surface area contributed by atoms with Crippen molar-refractivity contribution in [1.82, 2.24) is 5.32 Å². The lowest BCUT2D eigenvalue weighted by Crippen LogP contribution is -2.34. The van der Waals surface area contributed by atoms with E-state index >= 15 is 0 Å². The number of halogens is 2. The summed E-state index contributed by atoms with van der Waals surface area (Å²) in [6.45, 7) is 0.573. The minimum Gasteiger partial charge on any atom is -0.396 e. The van der Waals surface area contributed by atoms with E-state index in [9.17, 15) is 4.39 Å². The van der Waals surface area contributed by atoms with Gasteiger partial charge in [-0.2, -0.15) is 0 Å². The average molecular weight is 306 g/mol. The van der Waals surface area contributed by atoms with E-state index in [2.05, 4.69) is 21.2 Å². The molecule has 17 heavy (non-hydrogen) atoms. The zero-order valence-electron chi connectivity index (χ0n) is 9.50. The molecule has 1 rings (SSSR count). The molecule has 1 aromatic rings.